The third-order valence-electron chi connectivity index (χ3n) is 2.81. The van der Waals surface area contributed by atoms with Gasteiger partial charge in [-0.15, -0.1) is 0 Å². The first-order chi connectivity index (χ1) is 9.54. The van der Waals surface area contributed by atoms with E-state index >= 15 is 0 Å². The highest BCUT2D eigenvalue weighted by Crippen LogP contribution is 2.25. The van der Waals surface area contributed by atoms with Crippen molar-refractivity contribution in [2.75, 3.05) is 0 Å². The standard InChI is InChI=1S/C15H8ClF2NO/c16-12-7-9(5-6-14(12)18)15(20)11(8-19)10-3-1-2-4-13(10)17/h1-7,11H. The Morgan fingerprint density at radius 2 is 1.85 bits per heavy atom. The van der Waals surface area contributed by atoms with Crippen molar-refractivity contribution in [3.8, 4) is 6.07 Å². The van der Waals surface area contributed by atoms with Crippen molar-refractivity contribution in [1.29, 1.82) is 5.26 Å². The zero-order valence-corrected chi connectivity index (χ0v) is 10.9. The molecule has 100 valence electrons. The number of hydrogen-bond donors (Lipinski definition) is 0. The van der Waals surface area contributed by atoms with Crippen LogP contribution in [-0.4, -0.2) is 5.78 Å². The Morgan fingerprint density at radius 1 is 1.15 bits per heavy atom. The molecule has 20 heavy (non-hydrogen) atoms. The van der Waals surface area contributed by atoms with Crippen molar-refractivity contribution in [2.45, 2.75) is 5.92 Å². The van der Waals surface area contributed by atoms with Crippen molar-refractivity contribution in [2.24, 2.45) is 0 Å². The summed E-state index contributed by atoms with van der Waals surface area (Å²) in [7, 11) is 0. The first-order valence-electron chi connectivity index (χ1n) is 5.68. The Kier molecular flexibility index (Phi) is 4.11. The van der Waals surface area contributed by atoms with Crippen molar-refractivity contribution >= 4 is 17.4 Å². The zero-order valence-electron chi connectivity index (χ0n) is 10.1. The molecule has 0 aliphatic heterocycles. The molecule has 0 fully saturated rings. The molecule has 0 spiro atoms. The molecule has 0 amide bonds. The molecule has 2 rings (SSSR count). The number of nitrogens with zero attached hydrogens (tertiary/aromatic N) is 1. The number of carbonyl (C=O) groups excluding carboxylic acids is 1. The Balaban J connectivity index is 2.42. The SMILES string of the molecule is N#CC(C(=O)c1ccc(F)c(Cl)c1)c1ccccc1F. The summed E-state index contributed by atoms with van der Waals surface area (Å²) in [5, 5.41) is 8.89. The van der Waals surface area contributed by atoms with Gasteiger partial charge in [0.05, 0.1) is 11.1 Å². The van der Waals surface area contributed by atoms with E-state index in [0.29, 0.717) is 0 Å². The van der Waals surface area contributed by atoms with E-state index in [1.54, 1.807) is 6.07 Å². The Labute approximate surface area is 119 Å². The van der Waals surface area contributed by atoms with Crippen molar-refractivity contribution in [3.05, 3.63) is 70.2 Å². The van der Waals surface area contributed by atoms with E-state index < -0.39 is 23.3 Å². The van der Waals surface area contributed by atoms with Gasteiger partial charge in [0.25, 0.3) is 0 Å². The maximum atomic E-state index is 13.7. The summed E-state index contributed by atoms with van der Waals surface area (Å²) >= 11 is 5.60. The number of hydrogen-bond acceptors (Lipinski definition) is 2. The van der Waals surface area contributed by atoms with Crippen LogP contribution in [0.3, 0.4) is 0 Å². The summed E-state index contributed by atoms with van der Waals surface area (Å²) in [4.78, 5) is 12.2. The predicted octanol–water partition coefficient (Wildman–Crippen LogP) is 4.11. The van der Waals surface area contributed by atoms with Gasteiger partial charge in [0, 0.05) is 11.1 Å². The second-order valence-corrected chi connectivity index (χ2v) is 4.48. The van der Waals surface area contributed by atoms with E-state index in [-0.39, 0.29) is 16.1 Å². The van der Waals surface area contributed by atoms with Gasteiger partial charge in [-0.25, -0.2) is 8.78 Å². The minimum Gasteiger partial charge on any atom is -0.292 e. The smallest absolute Gasteiger partial charge is 0.184 e. The zero-order chi connectivity index (χ0) is 14.7. The van der Waals surface area contributed by atoms with Crippen LogP contribution >= 0.6 is 11.6 Å². The molecule has 0 aromatic heterocycles. The lowest BCUT2D eigenvalue weighted by molar-refractivity contribution is 0.0977. The van der Waals surface area contributed by atoms with Gasteiger partial charge in [0.1, 0.15) is 17.6 Å². The van der Waals surface area contributed by atoms with E-state index in [2.05, 4.69) is 0 Å². The number of nitriles is 1. The highest BCUT2D eigenvalue weighted by atomic mass is 35.5. The van der Waals surface area contributed by atoms with Gasteiger partial charge in [-0.1, -0.05) is 29.8 Å². The summed E-state index contributed by atoms with van der Waals surface area (Å²) in [6.07, 6.45) is 0. The number of ketones is 1. The summed E-state index contributed by atoms with van der Waals surface area (Å²) in [6.45, 7) is 0. The van der Waals surface area contributed by atoms with Crippen LogP contribution in [0.25, 0.3) is 0 Å². The average molecular weight is 292 g/mol. The van der Waals surface area contributed by atoms with Crippen LogP contribution in [0.15, 0.2) is 42.5 Å². The first kappa shape index (κ1) is 14.2. The number of halogens is 3. The Morgan fingerprint density at radius 3 is 2.45 bits per heavy atom. The van der Waals surface area contributed by atoms with E-state index in [4.69, 9.17) is 16.9 Å². The molecule has 2 aromatic carbocycles. The van der Waals surface area contributed by atoms with Gasteiger partial charge in [-0.05, 0) is 24.3 Å². The average Bonchev–Trinajstić information content (AvgIpc) is 2.44. The summed E-state index contributed by atoms with van der Waals surface area (Å²) in [5.74, 6) is -3.22. The molecule has 2 nitrogen and oxygen atoms in total. The van der Waals surface area contributed by atoms with Crippen LogP contribution in [-0.2, 0) is 0 Å². The van der Waals surface area contributed by atoms with E-state index in [1.165, 1.54) is 30.3 Å². The molecule has 0 saturated heterocycles. The molecule has 1 unspecified atom stereocenters. The van der Waals surface area contributed by atoms with Gasteiger partial charge in [-0.3, -0.25) is 4.79 Å². The lowest BCUT2D eigenvalue weighted by Gasteiger charge is -2.10. The molecular formula is C15H8ClF2NO. The van der Waals surface area contributed by atoms with Crippen LogP contribution in [0, 0.1) is 23.0 Å². The fourth-order valence-corrected chi connectivity index (χ4v) is 1.98. The molecule has 0 radical (unpaired) electrons. The number of Topliss-reactive ketones (excluding diaryl/α,β-unsaturated/α-hetero) is 1. The van der Waals surface area contributed by atoms with Gasteiger partial charge in [0.2, 0.25) is 0 Å². The summed E-state index contributed by atoms with van der Waals surface area (Å²) in [5.41, 5.74) is 0.0478. The third-order valence-corrected chi connectivity index (χ3v) is 3.10. The minimum absolute atomic E-state index is 0.0135. The molecule has 0 saturated carbocycles. The van der Waals surface area contributed by atoms with Crippen LogP contribution < -0.4 is 0 Å². The van der Waals surface area contributed by atoms with E-state index in [0.717, 1.165) is 12.1 Å². The second-order valence-electron chi connectivity index (χ2n) is 4.08. The fraction of sp³-hybridized carbons (Fsp3) is 0.0667. The van der Waals surface area contributed by atoms with E-state index in [9.17, 15) is 13.6 Å². The van der Waals surface area contributed by atoms with Gasteiger partial charge in [-0.2, -0.15) is 5.26 Å². The van der Waals surface area contributed by atoms with Crippen molar-refractivity contribution in [3.63, 3.8) is 0 Å². The molecule has 0 N–H and O–H groups in total. The first-order valence-corrected chi connectivity index (χ1v) is 6.05. The minimum atomic E-state index is -1.29. The summed E-state index contributed by atoms with van der Waals surface area (Å²) < 4.78 is 26.7. The Hall–Kier alpha value is -2.25. The van der Waals surface area contributed by atoms with Crippen molar-refractivity contribution < 1.29 is 13.6 Å². The highest BCUT2D eigenvalue weighted by molar-refractivity contribution is 6.31. The lowest BCUT2D eigenvalue weighted by atomic mass is 9.91. The quantitative estimate of drug-likeness (QED) is 0.799. The van der Waals surface area contributed by atoms with Crippen molar-refractivity contribution in [1.82, 2.24) is 0 Å². The number of rotatable bonds is 3. The highest BCUT2D eigenvalue weighted by Gasteiger charge is 2.24. The van der Waals surface area contributed by atoms with Gasteiger partial charge >= 0.3 is 0 Å². The molecule has 0 bridgehead atoms. The molecule has 2 aromatic rings. The molecule has 0 aliphatic rings. The maximum absolute atomic E-state index is 13.7. The predicted molar refractivity (Wildman–Crippen MR) is 70.5 cm³/mol. The van der Waals surface area contributed by atoms with Crippen LogP contribution in [0.5, 0.6) is 0 Å². The topological polar surface area (TPSA) is 40.9 Å². The molecule has 5 heteroatoms. The van der Waals surface area contributed by atoms with Gasteiger partial charge in [0.15, 0.2) is 5.78 Å². The number of benzene rings is 2. The van der Waals surface area contributed by atoms with E-state index in [1.807, 2.05) is 0 Å². The van der Waals surface area contributed by atoms with Crippen LogP contribution in [0.1, 0.15) is 21.8 Å². The van der Waals surface area contributed by atoms with Gasteiger partial charge < -0.3 is 0 Å². The second kappa shape index (κ2) is 5.81. The maximum Gasteiger partial charge on any atom is 0.184 e. The van der Waals surface area contributed by atoms with Crippen LogP contribution in [0.4, 0.5) is 8.78 Å². The Bertz CT molecular complexity index is 709. The molecule has 0 aliphatic carbocycles. The molecular weight excluding hydrogens is 284 g/mol. The largest absolute Gasteiger partial charge is 0.292 e. The molecule has 0 heterocycles. The lowest BCUT2D eigenvalue weighted by Crippen LogP contribution is -2.13. The number of carbonyl (C=O) groups is 1. The summed E-state index contributed by atoms with van der Waals surface area (Å²) in [6, 6.07) is 10.7. The monoisotopic (exact) mass is 291 g/mol. The third kappa shape index (κ3) is 2.68. The normalized spacial score (nSPS) is 11.7. The van der Waals surface area contributed by atoms with Crippen LogP contribution in [0.2, 0.25) is 5.02 Å². The fourth-order valence-electron chi connectivity index (χ4n) is 1.79. The molecule has 1 atom stereocenters.